The molecule has 1 nitrogen and oxygen atoms in total. The topological polar surface area (TPSA) is 9.23 Å². The Kier molecular flexibility index (Phi) is 8.27. The van der Waals surface area contributed by atoms with Gasteiger partial charge in [0.05, 0.1) is 11.1 Å². The highest BCUT2D eigenvalue weighted by molar-refractivity contribution is 9.10. The molecule has 0 aliphatic carbocycles. The molecule has 3 heteroatoms. The van der Waals surface area contributed by atoms with E-state index < -0.39 is 0 Å². The largest absolute Gasteiger partial charge is 0.377 e. The number of hydrogen-bond donors (Lipinski definition) is 0. The second-order valence-corrected chi connectivity index (χ2v) is 5.33. The summed E-state index contributed by atoms with van der Waals surface area (Å²) in [6.45, 7) is 3.46. The van der Waals surface area contributed by atoms with Crippen molar-refractivity contribution in [2.45, 2.75) is 52.1 Å². The third-order valence-corrected chi connectivity index (χ3v) is 3.82. The number of unbranched alkanes of at least 4 members (excludes halogenated alkanes) is 5. The van der Waals surface area contributed by atoms with E-state index in [9.17, 15) is 4.39 Å². The molecule has 0 radical (unpaired) electrons. The van der Waals surface area contributed by atoms with E-state index in [-0.39, 0.29) is 5.82 Å². The minimum atomic E-state index is -0.226. The van der Waals surface area contributed by atoms with Crippen LogP contribution in [0.15, 0.2) is 22.7 Å². The zero-order chi connectivity index (χ0) is 13.2. The highest BCUT2D eigenvalue weighted by atomic mass is 79.9. The quantitative estimate of drug-likeness (QED) is 0.549. The van der Waals surface area contributed by atoms with E-state index in [1.54, 1.807) is 6.07 Å². The molecule has 0 fully saturated rings. The molecule has 0 atom stereocenters. The summed E-state index contributed by atoms with van der Waals surface area (Å²) >= 11 is 3.24. The van der Waals surface area contributed by atoms with Gasteiger partial charge in [0.25, 0.3) is 0 Å². The molecule has 18 heavy (non-hydrogen) atoms. The molecule has 0 unspecified atom stereocenters. The van der Waals surface area contributed by atoms with Crippen LogP contribution in [-0.2, 0) is 11.3 Å². The molecule has 0 spiro atoms. The maximum Gasteiger partial charge on any atom is 0.137 e. The maximum atomic E-state index is 13.2. The van der Waals surface area contributed by atoms with Gasteiger partial charge in [-0.15, -0.1) is 0 Å². The van der Waals surface area contributed by atoms with Crippen LogP contribution in [0.25, 0.3) is 0 Å². The minimum absolute atomic E-state index is 0.226. The molecule has 0 bridgehead atoms. The van der Waals surface area contributed by atoms with Crippen LogP contribution in [0.3, 0.4) is 0 Å². The van der Waals surface area contributed by atoms with E-state index in [1.807, 2.05) is 6.07 Å². The first-order valence-electron chi connectivity index (χ1n) is 6.76. The van der Waals surface area contributed by atoms with Crippen LogP contribution in [-0.4, -0.2) is 6.61 Å². The zero-order valence-corrected chi connectivity index (χ0v) is 12.6. The number of ether oxygens (including phenoxy) is 1. The van der Waals surface area contributed by atoms with Crippen LogP contribution in [0.1, 0.15) is 51.0 Å². The fourth-order valence-electron chi connectivity index (χ4n) is 1.83. The molecule has 0 heterocycles. The summed E-state index contributed by atoms with van der Waals surface area (Å²) in [4.78, 5) is 0. The van der Waals surface area contributed by atoms with Crippen molar-refractivity contribution >= 4 is 15.9 Å². The summed E-state index contributed by atoms with van der Waals surface area (Å²) in [6, 6.07) is 5.04. The molecule has 0 saturated heterocycles. The minimum Gasteiger partial charge on any atom is -0.377 e. The van der Waals surface area contributed by atoms with E-state index >= 15 is 0 Å². The molecule has 1 aromatic rings. The molecule has 0 aliphatic rings. The lowest BCUT2D eigenvalue weighted by Crippen LogP contribution is -1.97. The van der Waals surface area contributed by atoms with Crippen molar-refractivity contribution in [3.63, 3.8) is 0 Å². The van der Waals surface area contributed by atoms with Gasteiger partial charge in [0.2, 0.25) is 0 Å². The molecule has 102 valence electrons. The number of hydrogen-bond acceptors (Lipinski definition) is 1. The van der Waals surface area contributed by atoms with Crippen LogP contribution in [0.4, 0.5) is 4.39 Å². The molecule has 0 N–H and O–H groups in total. The van der Waals surface area contributed by atoms with Crippen molar-refractivity contribution in [3.8, 4) is 0 Å². The lowest BCUT2D eigenvalue weighted by molar-refractivity contribution is 0.116. The van der Waals surface area contributed by atoms with Crippen molar-refractivity contribution in [1.29, 1.82) is 0 Å². The van der Waals surface area contributed by atoms with E-state index in [0.29, 0.717) is 11.1 Å². The van der Waals surface area contributed by atoms with Gasteiger partial charge in [0.15, 0.2) is 0 Å². The zero-order valence-electron chi connectivity index (χ0n) is 11.1. The third kappa shape index (κ3) is 5.96. The van der Waals surface area contributed by atoms with E-state index in [4.69, 9.17) is 4.74 Å². The Labute approximate surface area is 118 Å². The molecule has 0 aromatic heterocycles. The SMILES string of the molecule is CCCCCCCCOCc1cccc(F)c1Br. The van der Waals surface area contributed by atoms with Gasteiger partial charge in [-0.3, -0.25) is 0 Å². The summed E-state index contributed by atoms with van der Waals surface area (Å²) in [5.41, 5.74) is 0.876. The second kappa shape index (κ2) is 9.51. The predicted octanol–water partition coefficient (Wildman–Crippen LogP) is 5.47. The maximum absolute atomic E-state index is 13.2. The Balaban J connectivity index is 2.09. The highest BCUT2D eigenvalue weighted by Gasteiger charge is 2.04. The normalized spacial score (nSPS) is 10.8. The summed E-state index contributed by atoms with van der Waals surface area (Å²) in [6.07, 6.45) is 7.55. The molecular formula is C15H22BrFO. The monoisotopic (exact) mass is 316 g/mol. The smallest absolute Gasteiger partial charge is 0.137 e. The van der Waals surface area contributed by atoms with Crippen LogP contribution in [0.2, 0.25) is 0 Å². The summed E-state index contributed by atoms with van der Waals surface area (Å²) < 4.78 is 19.3. The average molecular weight is 317 g/mol. The molecule has 1 aromatic carbocycles. The van der Waals surface area contributed by atoms with Crippen molar-refractivity contribution in [3.05, 3.63) is 34.1 Å². The van der Waals surface area contributed by atoms with Gasteiger partial charge in [-0.05, 0) is 34.0 Å². The lowest BCUT2D eigenvalue weighted by Gasteiger charge is -2.07. The number of halogens is 2. The first-order valence-corrected chi connectivity index (χ1v) is 7.55. The average Bonchev–Trinajstić information content (AvgIpc) is 2.37. The summed E-state index contributed by atoms with van der Waals surface area (Å²) in [5, 5.41) is 0. The molecular weight excluding hydrogens is 295 g/mol. The van der Waals surface area contributed by atoms with Gasteiger partial charge in [-0.2, -0.15) is 0 Å². The molecule has 0 aliphatic heterocycles. The van der Waals surface area contributed by atoms with Gasteiger partial charge < -0.3 is 4.74 Å². The van der Waals surface area contributed by atoms with Crippen LogP contribution >= 0.6 is 15.9 Å². The van der Waals surface area contributed by atoms with Crippen molar-refractivity contribution in [2.24, 2.45) is 0 Å². The van der Waals surface area contributed by atoms with Gasteiger partial charge in [0.1, 0.15) is 5.82 Å². The Morgan fingerprint density at radius 2 is 1.83 bits per heavy atom. The van der Waals surface area contributed by atoms with Crippen LogP contribution in [0, 0.1) is 5.82 Å². The third-order valence-electron chi connectivity index (χ3n) is 2.93. The number of rotatable bonds is 9. The fraction of sp³-hybridized carbons (Fsp3) is 0.600. The van der Waals surface area contributed by atoms with Crippen molar-refractivity contribution in [2.75, 3.05) is 6.61 Å². The molecule has 1 rings (SSSR count). The Hall–Kier alpha value is -0.410. The first-order chi connectivity index (χ1) is 8.75. The van der Waals surface area contributed by atoms with Crippen LogP contribution < -0.4 is 0 Å². The Bertz CT molecular complexity index is 341. The van der Waals surface area contributed by atoms with E-state index in [2.05, 4.69) is 22.9 Å². The van der Waals surface area contributed by atoms with E-state index in [0.717, 1.165) is 18.6 Å². The standard InChI is InChI=1S/C15H22BrFO/c1-2-3-4-5-6-7-11-18-12-13-9-8-10-14(17)15(13)16/h8-10H,2-7,11-12H2,1H3. The van der Waals surface area contributed by atoms with Gasteiger partial charge in [0, 0.05) is 6.61 Å². The summed E-state index contributed by atoms with van der Waals surface area (Å²) in [7, 11) is 0. The van der Waals surface area contributed by atoms with Crippen molar-refractivity contribution in [1.82, 2.24) is 0 Å². The van der Waals surface area contributed by atoms with Crippen molar-refractivity contribution < 1.29 is 9.13 Å². The second-order valence-electron chi connectivity index (χ2n) is 4.53. The van der Waals surface area contributed by atoms with Gasteiger partial charge in [-0.1, -0.05) is 51.2 Å². The first kappa shape index (κ1) is 15.6. The molecule has 0 saturated carbocycles. The van der Waals surface area contributed by atoms with E-state index in [1.165, 1.54) is 38.2 Å². The predicted molar refractivity (Wildman–Crippen MR) is 77.1 cm³/mol. The Morgan fingerprint density at radius 1 is 1.11 bits per heavy atom. The number of benzene rings is 1. The highest BCUT2D eigenvalue weighted by Crippen LogP contribution is 2.21. The van der Waals surface area contributed by atoms with Gasteiger partial charge >= 0.3 is 0 Å². The van der Waals surface area contributed by atoms with Gasteiger partial charge in [-0.25, -0.2) is 4.39 Å². The lowest BCUT2D eigenvalue weighted by atomic mass is 10.1. The Morgan fingerprint density at radius 3 is 2.61 bits per heavy atom. The summed E-state index contributed by atoms with van der Waals surface area (Å²) in [5.74, 6) is -0.226. The molecule has 0 amide bonds. The fourth-order valence-corrected chi connectivity index (χ4v) is 2.21. The van der Waals surface area contributed by atoms with Crippen LogP contribution in [0.5, 0.6) is 0 Å².